The number of nitrogens with one attached hydrogen (secondary N) is 1. The number of carbonyl (C=O) groups is 1. The first-order valence-corrected chi connectivity index (χ1v) is 5.25. The van der Waals surface area contributed by atoms with Gasteiger partial charge in [-0.05, 0) is 13.8 Å². The predicted octanol–water partition coefficient (Wildman–Crippen LogP) is 1.36. The van der Waals surface area contributed by atoms with Gasteiger partial charge in [0.1, 0.15) is 6.04 Å². The van der Waals surface area contributed by atoms with Gasteiger partial charge in [0, 0.05) is 17.1 Å². The molecule has 0 fully saturated rings. The summed E-state index contributed by atoms with van der Waals surface area (Å²) in [6, 6.07) is -0.173. The maximum absolute atomic E-state index is 11.1. The van der Waals surface area contributed by atoms with Gasteiger partial charge in [-0.1, -0.05) is 0 Å². The Labute approximate surface area is 87.3 Å². The number of esters is 1. The number of hydrogen-bond acceptors (Lipinski definition) is 5. The molecule has 0 aliphatic carbocycles. The monoisotopic (exact) mass is 214 g/mol. The fraction of sp³-hybridized carbons (Fsp3) is 0.556. The lowest BCUT2D eigenvalue weighted by Crippen LogP contribution is -2.36. The molecule has 1 N–H and O–H groups in total. The summed E-state index contributed by atoms with van der Waals surface area (Å²) in [5, 5.41) is 3.13. The SMILES string of the molecule is COC(=O)[C@H](C)NC(C)c1cncs1. The van der Waals surface area contributed by atoms with Gasteiger partial charge >= 0.3 is 5.97 Å². The van der Waals surface area contributed by atoms with Crippen LogP contribution in [0.5, 0.6) is 0 Å². The smallest absolute Gasteiger partial charge is 0.322 e. The summed E-state index contributed by atoms with van der Waals surface area (Å²) >= 11 is 1.57. The van der Waals surface area contributed by atoms with Crippen LogP contribution >= 0.6 is 11.3 Å². The highest BCUT2D eigenvalue weighted by Gasteiger charge is 2.16. The normalized spacial score (nSPS) is 14.8. The molecule has 1 unspecified atom stereocenters. The molecule has 0 amide bonds. The zero-order valence-corrected chi connectivity index (χ0v) is 9.30. The summed E-state index contributed by atoms with van der Waals surface area (Å²) in [6.45, 7) is 3.77. The van der Waals surface area contributed by atoms with Gasteiger partial charge in [-0.15, -0.1) is 11.3 Å². The topological polar surface area (TPSA) is 51.2 Å². The Morgan fingerprint density at radius 1 is 1.64 bits per heavy atom. The number of hydrogen-bond donors (Lipinski definition) is 1. The second kappa shape index (κ2) is 5.07. The molecular weight excluding hydrogens is 200 g/mol. The van der Waals surface area contributed by atoms with Crippen molar-refractivity contribution in [1.29, 1.82) is 0 Å². The Bertz CT molecular complexity index is 287. The molecule has 0 bridgehead atoms. The van der Waals surface area contributed by atoms with Crippen LogP contribution in [0.2, 0.25) is 0 Å². The van der Waals surface area contributed by atoms with Crippen LogP contribution in [0, 0.1) is 0 Å². The van der Waals surface area contributed by atoms with E-state index in [-0.39, 0.29) is 18.1 Å². The van der Waals surface area contributed by atoms with Gasteiger partial charge in [0.15, 0.2) is 0 Å². The van der Waals surface area contributed by atoms with Crippen LogP contribution < -0.4 is 5.32 Å². The fourth-order valence-electron chi connectivity index (χ4n) is 1.14. The summed E-state index contributed by atoms with van der Waals surface area (Å²) in [4.78, 5) is 16.2. The van der Waals surface area contributed by atoms with E-state index in [1.165, 1.54) is 7.11 Å². The number of nitrogens with zero attached hydrogens (tertiary/aromatic N) is 1. The molecule has 0 aliphatic rings. The lowest BCUT2D eigenvalue weighted by molar-refractivity contribution is -0.142. The summed E-state index contributed by atoms with van der Waals surface area (Å²) in [7, 11) is 1.39. The molecule has 0 aromatic carbocycles. The molecule has 2 atom stereocenters. The predicted molar refractivity (Wildman–Crippen MR) is 55.1 cm³/mol. The van der Waals surface area contributed by atoms with E-state index in [2.05, 4.69) is 15.0 Å². The third kappa shape index (κ3) is 2.78. The minimum absolute atomic E-state index is 0.122. The van der Waals surface area contributed by atoms with E-state index >= 15 is 0 Å². The van der Waals surface area contributed by atoms with Crippen molar-refractivity contribution < 1.29 is 9.53 Å². The average Bonchev–Trinajstić information content (AvgIpc) is 2.69. The molecule has 1 aromatic rings. The van der Waals surface area contributed by atoms with Gasteiger partial charge in [-0.2, -0.15) is 0 Å². The van der Waals surface area contributed by atoms with Crippen LogP contribution in [0.25, 0.3) is 0 Å². The lowest BCUT2D eigenvalue weighted by Gasteiger charge is -2.16. The number of thiazole rings is 1. The second-order valence-corrected chi connectivity index (χ2v) is 3.95. The van der Waals surface area contributed by atoms with Gasteiger partial charge < -0.3 is 4.74 Å². The molecular formula is C9H14N2O2S. The number of aromatic nitrogens is 1. The zero-order valence-electron chi connectivity index (χ0n) is 8.48. The van der Waals surface area contributed by atoms with Crippen LogP contribution in [-0.4, -0.2) is 24.1 Å². The third-order valence-corrected chi connectivity index (χ3v) is 2.89. The van der Waals surface area contributed by atoms with Crippen molar-refractivity contribution in [1.82, 2.24) is 10.3 Å². The first-order valence-electron chi connectivity index (χ1n) is 4.37. The maximum atomic E-state index is 11.1. The number of rotatable bonds is 4. The van der Waals surface area contributed by atoms with Crippen LogP contribution in [0.1, 0.15) is 24.8 Å². The van der Waals surface area contributed by atoms with Crippen molar-refractivity contribution in [3.05, 3.63) is 16.6 Å². The van der Waals surface area contributed by atoms with Crippen molar-refractivity contribution in [3.8, 4) is 0 Å². The summed E-state index contributed by atoms with van der Waals surface area (Å²) < 4.78 is 4.62. The fourth-order valence-corrected chi connectivity index (χ4v) is 1.78. The summed E-state index contributed by atoms with van der Waals surface area (Å²) in [5.41, 5.74) is 1.77. The number of methoxy groups -OCH3 is 1. The van der Waals surface area contributed by atoms with E-state index in [1.54, 1.807) is 30.0 Å². The standard InChI is InChI=1S/C9H14N2O2S/c1-6(8-4-10-5-14-8)11-7(2)9(12)13-3/h4-7,11H,1-3H3/t6?,7-/m0/s1. The van der Waals surface area contributed by atoms with Gasteiger partial charge in [0.25, 0.3) is 0 Å². The number of ether oxygens (including phenoxy) is 1. The van der Waals surface area contributed by atoms with Crippen molar-refractivity contribution in [2.24, 2.45) is 0 Å². The van der Waals surface area contributed by atoms with Gasteiger partial charge in [-0.3, -0.25) is 15.1 Å². The highest BCUT2D eigenvalue weighted by Crippen LogP contribution is 2.16. The molecule has 78 valence electrons. The largest absolute Gasteiger partial charge is 0.468 e. The minimum Gasteiger partial charge on any atom is -0.468 e. The molecule has 1 aromatic heterocycles. The first kappa shape index (κ1) is 11.1. The Kier molecular flexibility index (Phi) is 4.03. The Hall–Kier alpha value is -0.940. The minimum atomic E-state index is -0.294. The van der Waals surface area contributed by atoms with Gasteiger partial charge in [-0.25, -0.2) is 0 Å². The van der Waals surface area contributed by atoms with E-state index < -0.39 is 0 Å². The zero-order chi connectivity index (χ0) is 10.6. The highest BCUT2D eigenvalue weighted by atomic mass is 32.1. The van der Waals surface area contributed by atoms with E-state index in [0.717, 1.165) is 4.88 Å². The van der Waals surface area contributed by atoms with Crippen LogP contribution in [0.3, 0.4) is 0 Å². The molecule has 14 heavy (non-hydrogen) atoms. The molecule has 1 heterocycles. The van der Waals surface area contributed by atoms with Crippen molar-refractivity contribution in [2.45, 2.75) is 25.9 Å². The van der Waals surface area contributed by atoms with Crippen molar-refractivity contribution in [2.75, 3.05) is 7.11 Å². The maximum Gasteiger partial charge on any atom is 0.322 e. The molecule has 5 heteroatoms. The van der Waals surface area contributed by atoms with E-state index in [9.17, 15) is 4.79 Å². The van der Waals surface area contributed by atoms with Crippen LogP contribution in [0.15, 0.2) is 11.7 Å². The van der Waals surface area contributed by atoms with Crippen molar-refractivity contribution >= 4 is 17.3 Å². The molecule has 1 rings (SSSR count). The van der Waals surface area contributed by atoms with E-state index in [1.807, 2.05) is 6.92 Å². The molecule has 0 spiro atoms. The first-order chi connectivity index (χ1) is 6.65. The molecule has 0 saturated carbocycles. The number of carbonyl (C=O) groups excluding carboxylic acids is 1. The summed E-state index contributed by atoms with van der Waals surface area (Å²) in [5.74, 6) is -0.249. The van der Waals surface area contributed by atoms with Gasteiger partial charge in [0.05, 0.1) is 12.6 Å². The lowest BCUT2D eigenvalue weighted by atomic mass is 10.2. The van der Waals surface area contributed by atoms with E-state index in [0.29, 0.717) is 0 Å². The molecule has 0 radical (unpaired) electrons. The second-order valence-electron chi connectivity index (χ2n) is 3.04. The third-order valence-electron chi connectivity index (χ3n) is 1.93. The molecule has 4 nitrogen and oxygen atoms in total. The van der Waals surface area contributed by atoms with Crippen LogP contribution in [0.4, 0.5) is 0 Å². The molecule has 0 saturated heterocycles. The van der Waals surface area contributed by atoms with Crippen molar-refractivity contribution in [3.63, 3.8) is 0 Å². The summed E-state index contributed by atoms with van der Waals surface area (Å²) in [6.07, 6.45) is 1.80. The molecule has 0 aliphatic heterocycles. The Morgan fingerprint density at radius 2 is 2.36 bits per heavy atom. The Balaban J connectivity index is 2.49. The highest BCUT2D eigenvalue weighted by molar-refractivity contribution is 7.09. The van der Waals surface area contributed by atoms with Gasteiger partial charge in [0.2, 0.25) is 0 Å². The quantitative estimate of drug-likeness (QED) is 0.769. The average molecular weight is 214 g/mol. The van der Waals surface area contributed by atoms with E-state index in [4.69, 9.17) is 0 Å². The Morgan fingerprint density at radius 3 is 2.86 bits per heavy atom. The van der Waals surface area contributed by atoms with Crippen LogP contribution in [-0.2, 0) is 9.53 Å².